The zero-order valence-corrected chi connectivity index (χ0v) is 19.2. The Bertz CT molecular complexity index is 1140. The molecule has 33 heavy (non-hydrogen) atoms. The predicted octanol–water partition coefficient (Wildman–Crippen LogP) is 4.15. The Balaban J connectivity index is 1.71. The Morgan fingerprint density at radius 3 is 2.82 bits per heavy atom. The van der Waals surface area contributed by atoms with Crippen LogP contribution in [0.3, 0.4) is 0 Å². The lowest BCUT2D eigenvalue weighted by Crippen LogP contribution is -2.35. The minimum Gasteiger partial charge on any atom is -0.494 e. The molecule has 0 spiro atoms. The molecule has 1 saturated heterocycles. The lowest BCUT2D eigenvalue weighted by Gasteiger charge is -2.26. The largest absolute Gasteiger partial charge is 0.494 e. The number of benzene rings is 1. The minimum absolute atomic E-state index is 0.491. The molecule has 2 N–H and O–H groups in total. The minimum atomic E-state index is 0.491. The van der Waals surface area contributed by atoms with Crippen LogP contribution < -0.4 is 20.3 Å². The van der Waals surface area contributed by atoms with E-state index in [-0.39, 0.29) is 0 Å². The molecule has 0 radical (unpaired) electrons. The lowest BCUT2D eigenvalue weighted by atomic mass is 10.0. The molecule has 0 aliphatic carbocycles. The van der Waals surface area contributed by atoms with Gasteiger partial charge in [-0.15, -0.1) is 0 Å². The van der Waals surface area contributed by atoms with Gasteiger partial charge in [0.05, 0.1) is 29.7 Å². The number of amides is 1. The molecule has 8 heteroatoms. The average Bonchev–Trinajstić information content (AvgIpc) is 3.32. The van der Waals surface area contributed by atoms with Crippen LogP contribution in [0.4, 0.5) is 17.2 Å². The summed E-state index contributed by atoms with van der Waals surface area (Å²) in [6, 6.07) is 12.0. The van der Waals surface area contributed by atoms with E-state index in [0.717, 1.165) is 42.9 Å². The monoisotopic (exact) mass is 446 g/mol. The third-order valence-corrected chi connectivity index (χ3v) is 6.14. The van der Waals surface area contributed by atoms with Crippen LogP contribution in [0.2, 0.25) is 0 Å². The molecule has 1 aliphatic rings. The van der Waals surface area contributed by atoms with Crippen molar-refractivity contribution in [3.8, 4) is 11.8 Å². The summed E-state index contributed by atoms with van der Waals surface area (Å²) in [5.74, 6) is 1.35. The van der Waals surface area contributed by atoms with E-state index in [4.69, 9.17) is 4.74 Å². The van der Waals surface area contributed by atoms with Crippen LogP contribution in [0.15, 0.2) is 36.5 Å². The van der Waals surface area contributed by atoms with Gasteiger partial charge >= 0.3 is 0 Å². The number of rotatable bonds is 9. The highest BCUT2D eigenvalue weighted by molar-refractivity contribution is 5.91. The molecule has 4 rings (SSSR count). The van der Waals surface area contributed by atoms with E-state index < -0.39 is 0 Å². The number of fused-ring (bicyclic) bond motifs is 1. The van der Waals surface area contributed by atoms with Crippen molar-refractivity contribution in [2.45, 2.75) is 45.6 Å². The van der Waals surface area contributed by atoms with Crippen molar-refractivity contribution < 1.29 is 9.53 Å². The van der Waals surface area contributed by atoms with Crippen LogP contribution in [0.1, 0.15) is 43.7 Å². The maximum Gasteiger partial charge on any atom is 0.219 e. The normalized spacial score (nSPS) is 15.7. The third kappa shape index (κ3) is 4.64. The maximum atomic E-state index is 12.3. The summed E-state index contributed by atoms with van der Waals surface area (Å²) in [6.45, 7) is 6.23. The number of anilines is 3. The Labute approximate surface area is 194 Å². The van der Waals surface area contributed by atoms with Gasteiger partial charge in [-0.2, -0.15) is 10.4 Å². The van der Waals surface area contributed by atoms with Gasteiger partial charge in [0.2, 0.25) is 6.41 Å². The first-order valence-electron chi connectivity index (χ1n) is 11.5. The van der Waals surface area contributed by atoms with Gasteiger partial charge in [0, 0.05) is 18.2 Å². The first-order valence-corrected chi connectivity index (χ1v) is 11.5. The molecular formula is C25H30N6O2. The van der Waals surface area contributed by atoms with Gasteiger partial charge in [0.15, 0.2) is 0 Å². The van der Waals surface area contributed by atoms with Gasteiger partial charge in [0.1, 0.15) is 23.2 Å². The number of hydrogen-bond donors (Lipinski definition) is 2. The number of piperidine rings is 1. The molecule has 172 valence electrons. The summed E-state index contributed by atoms with van der Waals surface area (Å²) in [7, 11) is 0. The first kappa shape index (κ1) is 22.6. The molecule has 3 aromatic rings. The molecule has 1 aliphatic heterocycles. The zero-order chi connectivity index (χ0) is 23.2. The van der Waals surface area contributed by atoms with Crippen molar-refractivity contribution in [1.29, 1.82) is 5.26 Å². The number of pyridine rings is 1. The average molecular weight is 447 g/mol. The Hall–Kier alpha value is -3.57. The second kappa shape index (κ2) is 10.4. The summed E-state index contributed by atoms with van der Waals surface area (Å²) in [5, 5.41) is 21.4. The second-order valence-corrected chi connectivity index (χ2v) is 8.20. The van der Waals surface area contributed by atoms with Gasteiger partial charge in [-0.3, -0.25) is 9.69 Å². The highest BCUT2D eigenvalue weighted by Crippen LogP contribution is 2.36. The van der Waals surface area contributed by atoms with Gasteiger partial charge in [-0.1, -0.05) is 6.42 Å². The van der Waals surface area contributed by atoms with Gasteiger partial charge in [-0.05, 0) is 70.0 Å². The van der Waals surface area contributed by atoms with Gasteiger partial charge in [0.25, 0.3) is 0 Å². The molecule has 2 aromatic heterocycles. The Morgan fingerprint density at radius 1 is 1.33 bits per heavy atom. The fourth-order valence-corrected chi connectivity index (χ4v) is 4.51. The van der Waals surface area contributed by atoms with Gasteiger partial charge in [-0.25, -0.2) is 4.52 Å². The predicted molar refractivity (Wildman–Crippen MR) is 129 cm³/mol. The van der Waals surface area contributed by atoms with E-state index in [9.17, 15) is 10.1 Å². The summed E-state index contributed by atoms with van der Waals surface area (Å²) in [5.41, 5.74) is 3.42. The van der Waals surface area contributed by atoms with Crippen LogP contribution >= 0.6 is 0 Å². The highest BCUT2D eigenvalue weighted by Gasteiger charge is 2.23. The van der Waals surface area contributed by atoms with E-state index in [1.54, 1.807) is 21.7 Å². The van der Waals surface area contributed by atoms with Crippen molar-refractivity contribution in [3.05, 3.63) is 47.7 Å². The SMILES string of the molecule is CCOc1ccc(N(C=O)c2c(C)c(NCCC3CCCCN3)c(C#N)c3ccnn23)cc1. The maximum absolute atomic E-state index is 12.3. The highest BCUT2D eigenvalue weighted by atomic mass is 16.5. The number of nitrogens with zero attached hydrogens (tertiary/aromatic N) is 4. The smallest absolute Gasteiger partial charge is 0.219 e. The fraction of sp³-hybridized carbons (Fsp3) is 0.400. The summed E-state index contributed by atoms with van der Waals surface area (Å²) in [6.07, 6.45) is 7.06. The van der Waals surface area contributed by atoms with E-state index >= 15 is 0 Å². The summed E-state index contributed by atoms with van der Waals surface area (Å²) in [4.78, 5) is 13.8. The molecule has 1 fully saturated rings. The Kier molecular flexibility index (Phi) is 7.10. The van der Waals surface area contributed by atoms with Crippen LogP contribution in [-0.4, -0.2) is 41.8 Å². The molecule has 0 bridgehead atoms. The van der Waals surface area contributed by atoms with Crippen molar-refractivity contribution >= 4 is 29.1 Å². The topological polar surface area (TPSA) is 94.7 Å². The number of ether oxygens (including phenoxy) is 1. The zero-order valence-electron chi connectivity index (χ0n) is 19.2. The molecule has 1 aromatic carbocycles. The van der Waals surface area contributed by atoms with Crippen LogP contribution in [0, 0.1) is 18.3 Å². The fourth-order valence-electron chi connectivity index (χ4n) is 4.51. The van der Waals surface area contributed by atoms with Crippen LogP contribution in [0.25, 0.3) is 5.52 Å². The van der Waals surface area contributed by atoms with E-state index in [0.29, 0.717) is 35.2 Å². The molecule has 1 unspecified atom stereocenters. The van der Waals surface area contributed by atoms with E-state index in [1.807, 2.05) is 38.1 Å². The molecular weight excluding hydrogens is 416 g/mol. The summed E-state index contributed by atoms with van der Waals surface area (Å²) >= 11 is 0. The Morgan fingerprint density at radius 2 is 2.15 bits per heavy atom. The van der Waals surface area contributed by atoms with E-state index in [2.05, 4.69) is 21.8 Å². The quantitative estimate of drug-likeness (QED) is 0.480. The lowest BCUT2D eigenvalue weighted by molar-refractivity contribution is -0.106. The number of nitriles is 1. The number of nitrogens with one attached hydrogen (secondary N) is 2. The molecule has 1 atom stereocenters. The standard InChI is InChI=1S/C25H30N6O2/c1-3-33-21-9-7-20(8-10-21)30(17-32)25-18(2)24(22(16-26)23-12-15-29-31(23)25)28-14-11-19-6-4-5-13-27-19/h7-10,12,15,17,19,27-28H,3-6,11,13-14H2,1-2H3. The van der Waals surface area contributed by atoms with Crippen molar-refractivity contribution in [3.63, 3.8) is 0 Å². The van der Waals surface area contributed by atoms with E-state index in [1.165, 1.54) is 19.3 Å². The number of carbonyl (C=O) groups excluding carboxylic acids is 1. The summed E-state index contributed by atoms with van der Waals surface area (Å²) < 4.78 is 7.19. The number of aromatic nitrogens is 2. The molecule has 1 amide bonds. The number of carbonyl (C=O) groups is 1. The van der Waals surface area contributed by atoms with Crippen LogP contribution in [0.5, 0.6) is 5.75 Å². The third-order valence-electron chi connectivity index (χ3n) is 6.14. The van der Waals surface area contributed by atoms with Crippen molar-refractivity contribution in [2.75, 3.05) is 29.9 Å². The molecule has 8 nitrogen and oxygen atoms in total. The molecule has 3 heterocycles. The molecule has 0 saturated carbocycles. The first-order chi connectivity index (χ1) is 16.2. The van der Waals surface area contributed by atoms with Crippen LogP contribution in [-0.2, 0) is 4.79 Å². The number of hydrogen-bond acceptors (Lipinski definition) is 6. The van der Waals surface area contributed by atoms with Crippen molar-refractivity contribution in [2.24, 2.45) is 0 Å². The second-order valence-electron chi connectivity index (χ2n) is 8.20. The van der Waals surface area contributed by atoms with Crippen molar-refractivity contribution in [1.82, 2.24) is 14.9 Å². The van der Waals surface area contributed by atoms with Gasteiger partial charge < -0.3 is 15.4 Å².